The molecule has 0 heterocycles. The second-order valence-corrected chi connectivity index (χ2v) is 4.79. The first-order valence-electron chi connectivity index (χ1n) is 7.38. The smallest absolute Gasteiger partial charge is 0.601 e. The molecule has 0 amide bonds. The Balaban J connectivity index is 2.24. The van der Waals surface area contributed by atoms with E-state index in [1.165, 1.54) is 13.2 Å². The molecule has 1 aliphatic carbocycles. The molecule has 0 aliphatic heterocycles. The summed E-state index contributed by atoms with van der Waals surface area (Å²) in [4.78, 5) is 11.0. The van der Waals surface area contributed by atoms with Crippen molar-refractivity contribution < 1.29 is 19.4 Å². The van der Waals surface area contributed by atoms with Crippen molar-refractivity contribution >= 4 is 17.9 Å². The van der Waals surface area contributed by atoms with Crippen LogP contribution in [-0.2, 0) is 14.3 Å². The molecule has 1 aliphatic rings. The van der Waals surface area contributed by atoms with Crippen molar-refractivity contribution in [3.05, 3.63) is 84.4 Å². The summed E-state index contributed by atoms with van der Waals surface area (Å²) >= 11 is 0. The molecule has 1 aromatic rings. The number of rotatable bonds is 6. The highest BCUT2D eigenvalue weighted by Gasteiger charge is 2.15. The summed E-state index contributed by atoms with van der Waals surface area (Å²) in [6.07, 6.45) is 9.49. The Kier molecular flexibility index (Phi) is 6.39. The summed E-state index contributed by atoms with van der Waals surface area (Å²) in [5.41, 5.74) is 1.26. The standard InChI is InChI=1S/C19H16N2O4/c1-3-17(14-9-5-4-6-10-14)25-19(23)15-11-7-8-12-16(15)21-20-13-18(22)24-2/h3-12,17H,1H2,2H3. The zero-order valence-electron chi connectivity index (χ0n) is 13.6. The van der Waals surface area contributed by atoms with Crippen LogP contribution in [0.2, 0.25) is 0 Å². The van der Waals surface area contributed by atoms with E-state index in [-0.39, 0.29) is 11.3 Å². The first kappa shape index (κ1) is 17.8. The van der Waals surface area contributed by atoms with E-state index in [1.54, 1.807) is 24.3 Å². The van der Waals surface area contributed by atoms with Gasteiger partial charge in [-0.15, -0.1) is 6.58 Å². The van der Waals surface area contributed by atoms with Gasteiger partial charge < -0.3 is 14.6 Å². The van der Waals surface area contributed by atoms with Gasteiger partial charge in [-0.25, -0.2) is 0 Å². The van der Waals surface area contributed by atoms with Crippen LogP contribution in [-0.4, -0.2) is 25.0 Å². The summed E-state index contributed by atoms with van der Waals surface area (Å²) in [5, 5.41) is 19.8. The quantitative estimate of drug-likeness (QED) is 0.199. The van der Waals surface area contributed by atoms with Crippen LogP contribution < -0.4 is 5.11 Å². The van der Waals surface area contributed by atoms with Crippen molar-refractivity contribution in [2.24, 2.45) is 10.2 Å². The molecule has 0 bridgehead atoms. The molecule has 1 atom stereocenters. The molecule has 0 aromatic heterocycles. The molecule has 2 rings (SSSR count). The lowest BCUT2D eigenvalue weighted by atomic mass is 10.1. The summed E-state index contributed by atoms with van der Waals surface area (Å²) in [5.74, 6) is -1.35. The van der Waals surface area contributed by atoms with Gasteiger partial charge >= 0.3 is 12.2 Å². The maximum Gasteiger partial charge on any atom is 0.619 e. The predicted octanol–water partition coefficient (Wildman–Crippen LogP) is 2.10. The number of carbonyl (C=O) groups is 1. The third-order valence-corrected chi connectivity index (χ3v) is 3.18. The Hall–Kier alpha value is -3.50. The van der Waals surface area contributed by atoms with Crippen LogP contribution in [0.25, 0.3) is 0 Å². The Morgan fingerprint density at radius 3 is 2.68 bits per heavy atom. The van der Waals surface area contributed by atoms with E-state index in [2.05, 4.69) is 27.7 Å². The second-order valence-electron chi connectivity index (χ2n) is 4.79. The van der Waals surface area contributed by atoms with Crippen LogP contribution in [0.4, 0.5) is 0 Å². The van der Waals surface area contributed by atoms with E-state index < -0.39 is 18.0 Å². The molecule has 1 aromatic carbocycles. The van der Waals surface area contributed by atoms with Gasteiger partial charge in [0.05, 0.1) is 18.8 Å². The number of hydrogen-bond donors (Lipinski definition) is 0. The zero-order valence-corrected chi connectivity index (χ0v) is 13.6. The topological polar surface area (TPSA) is 83.3 Å². The molecule has 0 N–H and O–H groups in total. The highest BCUT2D eigenvalue weighted by atomic mass is 16.6. The fourth-order valence-corrected chi connectivity index (χ4v) is 1.97. The number of hydrogen-bond acceptors (Lipinski definition) is 6. The van der Waals surface area contributed by atoms with Gasteiger partial charge in [0.15, 0.2) is 0 Å². The molecule has 25 heavy (non-hydrogen) atoms. The van der Waals surface area contributed by atoms with Crippen molar-refractivity contribution in [2.45, 2.75) is 6.10 Å². The lowest BCUT2D eigenvalue weighted by Crippen LogP contribution is -2.18. The number of carbonyl (C=O) groups excluding carboxylic acids is 1. The fraction of sp³-hybridized carbons (Fsp3) is 0.105. The van der Waals surface area contributed by atoms with Crippen molar-refractivity contribution in [1.82, 2.24) is 0 Å². The van der Waals surface area contributed by atoms with Crippen molar-refractivity contribution in [3.63, 3.8) is 0 Å². The van der Waals surface area contributed by atoms with Gasteiger partial charge in [-0.2, -0.15) is 4.79 Å². The van der Waals surface area contributed by atoms with E-state index in [0.717, 1.165) is 5.56 Å². The van der Waals surface area contributed by atoms with Crippen molar-refractivity contribution in [1.29, 1.82) is 0 Å². The minimum Gasteiger partial charge on any atom is -0.601 e. The summed E-state index contributed by atoms with van der Waals surface area (Å²) < 4.78 is 9.87. The highest BCUT2D eigenvalue weighted by Crippen LogP contribution is 2.22. The van der Waals surface area contributed by atoms with E-state index in [9.17, 15) is 9.90 Å². The van der Waals surface area contributed by atoms with Crippen LogP contribution in [0.3, 0.4) is 0 Å². The number of ether oxygens (including phenoxy) is 2. The lowest BCUT2D eigenvalue weighted by Gasteiger charge is -2.26. The molecule has 0 spiro atoms. The summed E-state index contributed by atoms with van der Waals surface area (Å²) in [6.45, 7) is 3.70. The zero-order chi connectivity index (χ0) is 18.1. The van der Waals surface area contributed by atoms with Crippen LogP contribution in [0.5, 0.6) is 0 Å². The first-order chi connectivity index (χ1) is 12.2. The molecule has 1 unspecified atom stereocenters. The monoisotopic (exact) mass is 336 g/mol. The minimum atomic E-state index is -0.764. The number of methoxy groups -OCH3 is 1. The highest BCUT2D eigenvalue weighted by molar-refractivity contribution is 6.23. The molecule has 6 nitrogen and oxygen atoms in total. The molecule has 0 saturated carbocycles. The van der Waals surface area contributed by atoms with E-state index >= 15 is 0 Å². The third kappa shape index (κ3) is 4.99. The van der Waals surface area contributed by atoms with Crippen LogP contribution in [0, 0.1) is 0 Å². The molecular weight excluding hydrogens is 320 g/mol. The van der Waals surface area contributed by atoms with Gasteiger partial charge in [0.2, 0.25) is 0 Å². The lowest BCUT2D eigenvalue weighted by molar-refractivity contribution is -0.362. The number of esters is 1. The van der Waals surface area contributed by atoms with Gasteiger partial charge in [-0.1, -0.05) is 59.7 Å². The molecule has 0 fully saturated rings. The molecule has 0 saturated heterocycles. The maximum atomic E-state index is 12.5. The number of nitrogens with zero attached hydrogens (tertiary/aromatic N) is 2. The maximum absolute atomic E-state index is 12.5. The Bertz CT molecular complexity index is 774. The number of allylic oxidation sites excluding steroid dienone is 5. The third-order valence-electron chi connectivity index (χ3n) is 3.18. The van der Waals surface area contributed by atoms with Crippen LogP contribution in [0.15, 0.2) is 89.0 Å². The van der Waals surface area contributed by atoms with E-state index in [1.807, 2.05) is 30.3 Å². The molecular formula is C19H16N2O4. The Morgan fingerprint density at radius 2 is 2.00 bits per heavy atom. The van der Waals surface area contributed by atoms with Gasteiger partial charge in [0.25, 0.3) is 0 Å². The first-order valence-corrected chi connectivity index (χ1v) is 7.38. The molecule has 6 heteroatoms. The van der Waals surface area contributed by atoms with Gasteiger partial charge in [0.1, 0.15) is 5.10 Å². The Labute approximate surface area is 145 Å². The molecule has 0 radical (unpaired) electrons. The van der Waals surface area contributed by atoms with Crippen LogP contribution in [0.1, 0.15) is 11.7 Å². The molecule has 126 valence electrons. The van der Waals surface area contributed by atoms with E-state index in [0.29, 0.717) is 0 Å². The average molecular weight is 336 g/mol. The average Bonchev–Trinajstić information content (AvgIpc) is 2.66. The summed E-state index contributed by atoms with van der Waals surface area (Å²) in [7, 11) is 1.20. The fourth-order valence-electron chi connectivity index (χ4n) is 1.97. The summed E-state index contributed by atoms with van der Waals surface area (Å²) in [6, 6.07) is 9.24. The van der Waals surface area contributed by atoms with Crippen LogP contribution >= 0.6 is 0 Å². The van der Waals surface area contributed by atoms with Gasteiger partial charge in [0, 0.05) is 11.7 Å². The van der Waals surface area contributed by atoms with Gasteiger partial charge in [-0.3, -0.25) is 0 Å². The van der Waals surface area contributed by atoms with Crippen molar-refractivity contribution in [3.8, 4) is 0 Å². The van der Waals surface area contributed by atoms with Crippen molar-refractivity contribution in [2.75, 3.05) is 7.11 Å². The second kappa shape index (κ2) is 8.96. The SMILES string of the molecule is C=CC(O/C([O-])=C1/C=CC=C/C1=N\N=[C+]C(=O)OC)c1ccccc1. The number of benzene rings is 1. The Morgan fingerprint density at radius 1 is 1.28 bits per heavy atom. The van der Waals surface area contributed by atoms with E-state index in [4.69, 9.17) is 4.74 Å². The minimum absolute atomic E-state index is 0.209. The van der Waals surface area contributed by atoms with Gasteiger partial charge in [-0.05, 0) is 11.6 Å². The largest absolute Gasteiger partial charge is 0.619 e. The predicted molar refractivity (Wildman–Crippen MR) is 92.7 cm³/mol. The normalized spacial score (nSPS) is 17.9.